The molecule has 26 heavy (non-hydrogen) atoms. The number of thiophene rings is 1. The van der Waals surface area contributed by atoms with E-state index in [1.807, 2.05) is 0 Å². The summed E-state index contributed by atoms with van der Waals surface area (Å²) in [6.07, 6.45) is -0.123. The Bertz CT molecular complexity index is 515. The standard InChI is InChI=1S/C16H24Br2O7S/c1-19-2-3-20-4-5-21-6-7-22-8-9-23-10-12-11-24-13-14(25-12)16(18)26-15(13)17/h12H,2-11H2,1H3. The zero-order chi connectivity index (χ0) is 18.6. The van der Waals surface area contributed by atoms with E-state index in [0.717, 1.165) is 19.1 Å². The quantitative estimate of drug-likeness (QED) is 0.350. The van der Waals surface area contributed by atoms with Crippen molar-refractivity contribution in [3.05, 3.63) is 7.57 Å². The molecule has 0 N–H and O–H groups in total. The smallest absolute Gasteiger partial charge is 0.188 e. The van der Waals surface area contributed by atoms with Crippen LogP contribution in [0.4, 0.5) is 0 Å². The second-order valence-corrected chi connectivity index (χ2v) is 8.92. The summed E-state index contributed by atoms with van der Waals surface area (Å²) >= 11 is 8.46. The van der Waals surface area contributed by atoms with Crippen LogP contribution in [0.5, 0.6) is 11.5 Å². The van der Waals surface area contributed by atoms with Gasteiger partial charge in [-0.1, -0.05) is 0 Å². The molecule has 0 saturated heterocycles. The van der Waals surface area contributed by atoms with Crippen molar-refractivity contribution in [3.8, 4) is 11.5 Å². The Balaban J connectivity index is 1.40. The van der Waals surface area contributed by atoms with Crippen molar-refractivity contribution in [1.29, 1.82) is 0 Å². The molecule has 0 aromatic carbocycles. The fourth-order valence-corrected chi connectivity index (χ4v) is 4.87. The maximum absolute atomic E-state index is 5.89. The first-order valence-corrected chi connectivity index (χ1v) is 10.7. The summed E-state index contributed by atoms with van der Waals surface area (Å²) in [5.74, 6) is 1.49. The van der Waals surface area contributed by atoms with Crippen LogP contribution < -0.4 is 9.47 Å². The van der Waals surface area contributed by atoms with Gasteiger partial charge in [-0.05, 0) is 31.9 Å². The molecule has 0 spiro atoms. The third kappa shape index (κ3) is 7.97. The number of hydrogen-bond acceptors (Lipinski definition) is 8. The number of halogens is 2. The van der Waals surface area contributed by atoms with Crippen LogP contribution in [0.3, 0.4) is 0 Å². The number of ether oxygens (including phenoxy) is 7. The number of hydrogen-bond donors (Lipinski definition) is 0. The van der Waals surface area contributed by atoms with Crippen LogP contribution in [0.2, 0.25) is 0 Å². The molecule has 0 amide bonds. The predicted octanol–water partition coefficient (Wildman–Crippen LogP) is 3.13. The fourth-order valence-electron chi connectivity index (χ4n) is 2.05. The second-order valence-electron chi connectivity index (χ2n) is 5.26. The molecule has 0 aliphatic carbocycles. The summed E-state index contributed by atoms with van der Waals surface area (Å²) in [6.45, 7) is 5.32. The molecule has 0 bridgehead atoms. The molecule has 0 saturated carbocycles. The summed E-state index contributed by atoms with van der Waals surface area (Å²) in [4.78, 5) is 0. The zero-order valence-corrected chi connectivity index (χ0v) is 18.7. The Hall–Kier alpha value is 0.0600. The van der Waals surface area contributed by atoms with E-state index >= 15 is 0 Å². The summed E-state index contributed by atoms with van der Waals surface area (Å²) in [5.41, 5.74) is 0. The van der Waals surface area contributed by atoms with Crippen molar-refractivity contribution in [1.82, 2.24) is 0 Å². The SMILES string of the molecule is COCCOCCOCCOCCOCC1COc2c(Br)sc(Br)c2O1. The predicted molar refractivity (Wildman–Crippen MR) is 105 cm³/mol. The lowest BCUT2D eigenvalue weighted by atomic mass is 10.3. The normalized spacial score (nSPS) is 16.2. The minimum atomic E-state index is -0.123. The molecule has 1 unspecified atom stereocenters. The summed E-state index contributed by atoms with van der Waals surface area (Å²) in [7, 11) is 1.65. The van der Waals surface area contributed by atoms with Gasteiger partial charge in [-0.2, -0.15) is 0 Å². The van der Waals surface area contributed by atoms with Crippen molar-refractivity contribution in [2.75, 3.05) is 73.2 Å². The van der Waals surface area contributed by atoms with E-state index in [1.165, 1.54) is 11.3 Å². The van der Waals surface area contributed by atoms with Crippen molar-refractivity contribution in [3.63, 3.8) is 0 Å². The van der Waals surface area contributed by atoms with Crippen molar-refractivity contribution in [2.24, 2.45) is 0 Å². The van der Waals surface area contributed by atoms with E-state index in [4.69, 9.17) is 33.2 Å². The Morgan fingerprint density at radius 1 is 0.846 bits per heavy atom. The fraction of sp³-hybridized carbons (Fsp3) is 0.750. The first-order chi connectivity index (χ1) is 12.7. The van der Waals surface area contributed by atoms with E-state index in [1.54, 1.807) is 7.11 Å². The third-order valence-corrected chi connectivity index (χ3v) is 5.71. The van der Waals surface area contributed by atoms with E-state index in [9.17, 15) is 0 Å². The maximum Gasteiger partial charge on any atom is 0.188 e. The summed E-state index contributed by atoms with van der Waals surface area (Å²) in [5, 5.41) is 0. The molecule has 0 radical (unpaired) electrons. The molecule has 2 heterocycles. The van der Waals surface area contributed by atoms with Crippen LogP contribution in [0.15, 0.2) is 7.57 Å². The average Bonchev–Trinajstić information content (AvgIpc) is 2.93. The molecular formula is C16H24Br2O7S. The van der Waals surface area contributed by atoms with Gasteiger partial charge in [-0.3, -0.25) is 0 Å². The highest BCUT2D eigenvalue weighted by atomic mass is 79.9. The van der Waals surface area contributed by atoms with Gasteiger partial charge < -0.3 is 33.2 Å². The lowest BCUT2D eigenvalue weighted by molar-refractivity contribution is -0.0264. The van der Waals surface area contributed by atoms with E-state index in [0.29, 0.717) is 66.1 Å². The van der Waals surface area contributed by atoms with Gasteiger partial charge in [-0.25, -0.2) is 0 Å². The van der Waals surface area contributed by atoms with Crippen LogP contribution >= 0.6 is 43.2 Å². The van der Waals surface area contributed by atoms with Gasteiger partial charge in [0.1, 0.15) is 14.2 Å². The topological polar surface area (TPSA) is 64.6 Å². The van der Waals surface area contributed by atoms with Crippen LogP contribution in [0.1, 0.15) is 0 Å². The summed E-state index contributed by atoms with van der Waals surface area (Å²) < 4.78 is 40.0. The van der Waals surface area contributed by atoms with Crippen LogP contribution in [0, 0.1) is 0 Å². The van der Waals surface area contributed by atoms with Crippen molar-refractivity contribution in [2.45, 2.75) is 6.10 Å². The molecule has 7 nitrogen and oxygen atoms in total. The lowest BCUT2D eigenvalue weighted by Gasteiger charge is -2.24. The second kappa shape index (κ2) is 13.3. The number of methoxy groups -OCH3 is 1. The van der Waals surface area contributed by atoms with E-state index in [-0.39, 0.29) is 6.10 Å². The zero-order valence-electron chi connectivity index (χ0n) is 14.7. The Labute approximate surface area is 174 Å². The van der Waals surface area contributed by atoms with Gasteiger partial charge in [0.25, 0.3) is 0 Å². The van der Waals surface area contributed by atoms with Gasteiger partial charge in [0.05, 0.1) is 59.5 Å². The molecular weight excluding hydrogens is 496 g/mol. The molecule has 150 valence electrons. The van der Waals surface area contributed by atoms with Crippen molar-refractivity contribution >= 4 is 43.2 Å². The number of fused-ring (bicyclic) bond motifs is 1. The first-order valence-electron chi connectivity index (χ1n) is 8.29. The first kappa shape index (κ1) is 22.4. The Kier molecular flexibility index (Phi) is 11.4. The summed E-state index contributed by atoms with van der Waals surface area (Å²) in [6, 6.07) is 0. The minimum Gasteiger partial charge on any atom is -0.484 e. The molecule has 10 heteroatoms. The Morgan fingerprint density at radius 3 is 2.00 bits per heavy atom. The van der Waals surface area contributed by atoms with Crippen LogP contribution in [0.25, 0.3) is 0 Å². The lowest BCUT2D eigenvalue weighted by Crippen LogP contribution is -2.33. The molecule has 1 aliphatic rings. The van der Waals surface area contributed by atoms with Gasteiger partial charge in [0, 0.05) is 7.11 Å². The number of rotatable bonds is 14. The van der Waals surface area contributed by atoms with Gasteiger partial charge in [0.15, 0.2) is 17.6 Å². The van der Waals surface area contributed by atoms with Crippen molar-refractivity contribution < 1.29 is 33.2 Å². The maximum atomic E-state index is 5.89. The van der Waals surface area contributed by atoms with Gasteiger partial charge in [-0.15, -0.1) is 11.3 Å². The van der Waals surface area contributed by atoms with Gasteiger partial charge >= 0.3 is 0 Å². The largest absolute Gasteiger partial charge is 0.484 e. The third-order valence-electron chi connectivity index (χ3n) is 3.29. The van der Waals surface area contributed by atoms with Crippen LogP contribution in [-0.4, -0.2) is 79.3 Å². The minimum absolute atomic E-state index is 0.123. The molecule has 0 fully saturated rings. The molecule has 1 atom stereocenters. The van der Waals surface area contributed by atoms with Gasteiger partial charge in [0.2, 0.25) is 0 Å². The molecule has 2 rings (SSSR count). The highest BCUT2D eigenvalue weighted by Crippen LogP contribution is 2.50. The van der Waals surface area contributed by atoms with E-state index < -0.39 is 0 Å². The monoisotopic (exact) mass is 518 g/mol. The molecule has 1 aromatic rings. The highest BCUT2D eigenvalue weighted by molar-refractivity contribution is 9.12. The highest BCUT2D eigenvalue weighted by Gasteiger charge is 2.27. The average molecular weight is 520 g/mol. The van der Waals surface area contributed by atoms with Crippen LogP contribution in [-0.2, 0) is 23.7 Å². The molecule has 1 aromatic heterocycles. The Morgan fingerprint density at radius 2 is 1.38 bits per heavy atom. The molecule has 1 aliphatic heterocycles. The van der Waals surface area contributed by atoms with E-state index in [2.05, 4.69) is 31.9 Å².